The van der Waals surface area contributed by atoms with Crippen LogP contribution < -0.4 is 4.90 Å². The fourth-order valence-corrected chi connectivity index (χ4v) is 5.68. The van der Waals surface area contributed by atoms with Gasteiger partial charge in [0, 0.05) is 30.1 Å². The molecule has 1 amide bonds. The van der Waals surface area contributed by atoms with Crippen molar-refractivity contribution in [1.82, 2.24) is 4.98 Å². The number of anilines is 1. The van der Waals surface area contributed by atoms with Gasteiger partial charge in [-0.2, -0.15) is 0 Å². The topological polar surface area (TPSA) is 87.6 Å². The molecule has 196 valence electrons. The molecule has 6 nitrogen and oxygen atoms in total. The molecular formula is C33H30N2O4. The van der Waals surface area contributed by atoms with Crippen molar-refractivity contribution >= 4 is 23.3 Å². The molecule has 0 spiro atoms. The number of para-hydroxylation sites is 1. The van der Waals surface area contributed by atoms with Crippen LogP contribution in [-0.4, -0.2) is 27.8 Å². The molecular weight excluding hydrogens is 488 g/mol. The molecule has 4 aromatic rings. The van der Waals surface area contributed by atoms with E-state index >= 15 is 0 Å². The molecule has 2 atom stereocenters. The monoisotopic (exact) mass is 518 g/mol. The predicted molar refractivity (Wildman–Crippen MR) is 150 cm³/mol. The van der Waals surface area contributed by atoms with Crippen molar-refractivity contribution in [3.05, 3.63) is 131 Å². The van der Waals surface area contributed by atoms with Gasteiger partial charge in [0.1, 0.15) is 0 Å². The zero-order valence-corrected chi connectivity index (χ0v) is 21.6. The van der Waals surface area contributed by atoms with Crippen LogP contribution in [0.25, 0.3) is 0 Å². The number of carboxylic acid groups (broad SMARTS) is 1. The molecule has 3 aromatic carbocycles. The summed E-state index contributed by atoms with van der Waals surface area (Å²) in [6, 6.07) is 28.5. The number of carboxylic acids is 1. The van der Waals surface area contributed by atoms with E-state index in [0.717, 1.165) is 40.8 Å². The Morgan fingerprint density at radius 2 is 1.59 bits per heavy atom. The van der Waals surface area contributed by atoms with Crippen molar-refractivity contribution in [1.29, 1.82) is 0 Å². The molecule has 0 saturated heterocycles. The smallest absolute Gasteiger partial charge is 0.377 e. The van der Waals surface area contributed by atoms with E-state index in [1.54, 1.807) is 24.5 Å². The van der Waals surface area contributed by atoms with Crippen LogP contribution in [0, 0.1) is 0 Å². The minimum absolute atomic E-state index is 0.0104. The van der Waals surface area contributed by atoms with Gasteiger partial charge in [0.25, 0.3) is 5.78 Å². The molecule has 1 aliphatic carbocycles. The third-order valence-electron chi connectivity index (χ3n) is 7.45. The first-order valence-corrected chi connectivity index (χ1v) is 13.3. The largest absolute Gasteiger partial charge is 0.475 e. The van der Waals surface area contributed by atoms with Gasteiger partial charge in [-0.15, -0.1) is 0 Å². The second kappa shape index (κ2) is 11.9. The lowest BCUT2D eigenvalue weighted by Crippen LogP contribution is -2.36. The van der Waals surface area contributed by atoms with Crippen LogP contribution >= 0.6 is 0 Å². The Balaban J connectivity index is 1.47. The fraction of sp³-hybridized carbons (Fsp3) is 0.212. The molecule has 1 N–H and O–H groups in total. The van der Waals surface area contributed by atoms with Crippen LogP contribution in [0.15, 0.2) is 103 Å². The Morgan fingerprint density at radius 3 is 2.28 bits per heavy atom. The normalized spacial score (nSPS) is 15.1. The quantitative estimate of drug-likeness (QED) is 0.205. The summed E-state index contributed by atoms with van der Waals surface area (Å²) in [7, 11) is 0. The third-order valence-corrected chi connectivity index (χ3v) is 7.45. The van der Waals surface area contributed by atoms with E-state index < -0.39 is 11.8 Å². The molecule has 6 heteroatoms. The first-order valence-electron chi connectivity index (χ1n) is 13.3. The van der Waals surface area contributed by atoms with Crippen LogP contribution in [-0.2, 0) is 16.0 Å². The summed E-state index contributed by atoms with van der Waals surface area (Å²) < 4.78 is 0. The highest BCUT2D eigenvalue weighted by molar-refractivity contribution is 6.40. The van der Waals surface area contributed by atoms with E-state index in [-0.39, 0.29) is 23.4 Å². The number of hydrogen-bond donors (Lipinski definition) is 1. The number of pyridine rings is 1. The minimum atomic E-state index is -1.44. The molecule has 1 aromatic heterocycles. The molecule has 5 rings (SSSR count). The lowest BCUT2D eigenvalue weighted by Gasteiger charge is -2.34. The van der Waals surface area contributed by atoms with Crippen molar-refractivity contribution in [2.75, 3.05) is 4.90 Å². The molecule has 0 aliphatic heterocycles. The number of Topliss-reactive ketones (excluding diaryl/α,β-unsaturated/α-hetero) is 1. The van der Waals surface area contributed by atoms with Gasteiger partial charge in [0.05, 0.1) is 6.04 Å². The number of aromatic nitrogens is 1. The summed E-state index contributed by atoms with van der Waals surface area (Å²) in [5.74, 6) is -2.25. The van der Waals surface area contributed by atoms with Gasteiger partial charge in [0.2, 0.25) is 5.91 Å². The van der Waals surface area contributed by atoms with Crippen molar-refractivity contribution < 1.29 is 19.5 Å². The zero-order chi connectivity index (χ0) is 27.2. The second-order valence-electron chi connectivity index (χ2n) is 9.83. The lowest BCUT2D eigenvalue weighted by molar-refractivity contribution is -0.131. The first-order chi connectivity index (χ1) is 19.0. The van der Waals surface area contributed by atoms with Crippen molar-refractivity contribution in [2.45, 2.75) is 44.1 Å². The number of fused-ring (bicyclic) bond motifs is 1. The van der Waals surface area contributed by atoms with Crippen molar-refractivity contribution in [3.8, 4) is 0 Å². The molecule has 2 unspecified atom stereocenters. The van der Waals surface area contributed by atoms with Gasteiger partial charge < -0.3 is 10.0 Å². The van der Waals surface area contributed by atoms with Gasteiger partial charge >= 0.3 is 5.97 Å². The lowest BCUT2D eigenvalue weighted by atomic mass is 9.78. The number of rotatable bonds is 9. The number of hydrogen-bond acceptors (Lipinski definition) is 4. The van der Waals surface area contributed by atoms with Crippen LogP contribution in [0.5, 0.6) is 0 Å². The third kappa shape index (κ3) is 5.65. The highest BCUT2D eigenvalue weighted by Crippen LogP contribution is 2.38. The summed E-state index contributed by atoms with van der Waals surface area (Å²) in [5, 5.41) is 9.28. The Bertz CT molecular complexity index is 1420. The first kappa shape index (κ1) is 26.0. The van der Waals surface area contributed by atoms with E-state index in [2.05, 4.69) is 4.98 Å². The van der Waals surface area contributed by atoms with Gasteiger partial charge in [-0.1, -0.05) is 72.8 Å². The molecule has 0 bridgehead atoms. The molecule has 0 radical (unpaired) electrons. The van der Waals surface area contributed by atoms with E-state index in [0.29, 0.717) is 19.3 Å². The van der Waals surface area contributed by atoms with E-state index in [1.807, 2.05) is 83.8 Å². The molecule has 0 saturated carbocycles. The van der Waals surface area contributed by atoms with E-state index in [9.17, 15) is 19.5 Å². The predicted octanol–water partition coefficient (Wildman–Crippen LogP) is 6.37. The highest BCUT2D eigenvalue weighted by atomic mass is 16.4. The summed E-state index contributed by atoms with van der Waals surface area (Å²) in [4.78, 5) is 44.0. The number of nitrogens with zero attached hydrogens (tertiary/aromatic N) is 2. The van der Waals surface area contributed by atoms with Crippen molar-refractivity contribution in [3.63, 3.8) is 0 Å². The van der Waals surface area contributed by atoms with Crippen LogP contribution in [0.4, 0.5) is 5.69 Å². The summed E-state index contributed by atoms with van der Waals surface area (Å²) in [6.07, 6.45) is 6.85. The molecule has 0 fully saturated rings. The fourth-order valence-electron chi connectivity index (χ4n) is 5.68. The number of carbonyl (C=O) groups excluding carboxylic acids is 2. The number of amides is 1. The van der Waals surface area contributed by atoms with Gasteiger partial charge in [-0.3, -0.25) is 14.6 Å². The molecule has 39 heavy (non-hydrogen) atoms. The highest BCUT2D eigenvalue weighted by Gasteiger charge is 2.31. The molecule has 1 heterocycles. The van der Waals surface area contributed by atoms with E-state index in [4.69, 9.17) is 0 Å². The van der Waals surface area contributed by atoms with E-state index in [1.165, 1.54) is 0 Å². The number of ketones is 1. The van der Waals surface area contributed by atoms with Gasteiger partial charge in [0.15, 0.2) is 0 Å². The van der Waals surface area contributed by atoms with Crippen LogP contribution in [0.2, 0.25) is 0 Å². The maximum Gasteiger partial charge on any atom is 0.377 e. The number of benzene rings is 3. The maximum absolute atomic E-state index is 14.1. The van der Waals surface area contributed by atoms with Gasteiger partial charge in [-0.05, 0) is 72.1 Å². The average molecular weight is 519 g/mol. The Kier molecular flexibility index (Phi) is 7.92. The van der Waals surface area contributed by atoms with Gasteiger partial charge in [-0.25, -0.2) is 4.79 Å². The summed E-state index contributed by atoms with van der Waals surface area (Å²) in [6.45, 7) is 0. The zero-order valence-electron chi connectivity index (χ0n) is 21.6. The number of aliphatic carboxylic acids is 1. The Labute approximate surface area is 228 Å². The summed E-state index contributed by atoms with van der Waals surface area (Å²) >= 11 is 0. The van der Waals surface area contributed by atoms with Crippen molar-refractivity contribution in [2.24, 2.45) is 0 Å². The number of carbonyl (C=O) groups is 3. The Morgan fingerprint density at radius 1 is 0.872 bits per heavy atom. The van der Waals surface area contributed by atoms with Crippen LogP contribution in [0.3, 0.4) is 0 Å². The standard InChI is InChI=1S/C33H30N2O4/c36-30(20-19-23-12-7-17-28-27(23)16-8-18-29(28)32(37)33(38)39)35(26-14-5-2-6-15-26)31(24-10-3-1-4-11-24)25-13-9-21-34-22-25/h1-6,8-11,13-16,18,21-23,31H,7,12,17,19-20H2,(H,38,39). The minimum Gasteiger partial charge on any atom is -0.475 e. The maximum atomic E-state index is 14.1. The van der Waals surface area contributed by atoms with Crippen LogP contribution in [0.1, 0.15) is 70.3 Å². The average Bonchev–Trinajstić information content (AvgIpc) is 2.99. The summed E-state index contributed by atoms with van der Waals surface area (Å²) in [5.41, 5.74) is 4.77. The SMILES string of the molecule is O=C(O)C(=O)c1cccc2c1CCCC2CCC(=O)N(c1ccccc1)C(c1ccccc1)c1cccnc1. The Hall–Kier alpha value is -4.58. The molecule has 1 aliphatic rings. The second-order valence-corrected chi connectivity index (χ2v) is 9.83.